The predicted octanol–water partition coefficient (Wildman–Crippen LogP) is 2.18. The second-order valence-corrected chi connectivity index (χ2v) is 3.15. The van der Waals surface area contributed by atoms with Crippen molar-refractivity contribution in [3.8, 4) is 18.1 Å². The number of hydrogen-bond acceptors (Lipinski definition) is 2. The highest BCUT2D eigenvalue weighted by Gasteiger charge is 2.05. The van der Waals surface area contributed by atoms with Gasteiger partial charge in [0.05, 0.1) is 10.2 Å². The Kier molecular flexibility index (Phi) is 3.15. The fourth-order valence-electron chi connectivity index (χ4n) is 0.788. The zero-order valence-corrected chi connectivity index (χ0v) is 8.27. The van der Waals surface area contributed by atoms with Crippen LogP contribution in [0, 0.1) is 18.2 Å². The fourth-order valence-corrected chi connectivity index (χ4v) is 1.15. The van der Waals surface area contributed by atoms with E-state index in [9.17, 15) is 4.39 Å². The lowest BCUT2D eigenvalue weighted by molar-refractivity contribution is 0.370. The molecule has 0 unspecified atom stereocenters. The predicted molar refractivity (Wildman–Crippen MR) is 52.8 cm³/mol. The van der Waals surface area contributed by atoms with E-state index in [4.69, 9.17) is 16.9 Å². The summed E-state index contributed by atoms with van der Waals surface area (Å²) in [5.74, 6) is 2.10. The Hall–Kier alpha value is -1.21. The van der Waals surface area contributed by atoms with Crippen LogP contribution in [0.15, 0.2) is 16.6 Å². The van der Waals surface area contributed by atoms with Crippen LogP contribution in [0.2, 0.25) is 0 Å². The van der Waals surface area contributed by atoms with Gasteiger partial charge in [0.25, 0.3) is 0 Å². The van der Waals surface area contributed by atoms with Crippen molar-refractivity contribution in [2.24, 2.45) is 0 Å². The average molecular weight is 244 g/mol. The van der Waals surface area contributed by atoms with Gasteiger partial charge >= 0.3 is 0 Å². The minimum absolute atomic E-state index is 0.0747. The Bertz CT molecular complexity index is 359. The van der Waals surface area contributed by atoms with Crippen LogP contribution in [0.5, 0.6) is 5.75 Å². The largest absolute Gasteiger partial charge is 0.479 e. The van der Waals surface area contributed by atoms with Gasteiger partial charge in [-0.05, 0) is 22.0 Å². The van der Waals surface area contributed by atoms with Crippen LogP contribution < -0.4 is 10.5 Å². The van der Waals surface area contributed by atoms with Gasteiger partial charge in [0.15, 0.2) is 0 Å². The third-order valence-electron chi connectivity index (χ3n) is 1.36. The summed E-state index contributed by atoms with van der Waals surface area (Å²) in [6, 6.07) is 2.62. The van der Waals surface area contributed by atoms with Crippen molar-refractivity contribution in [1.82, 2.24) is 0 Å². The van der Waals surface area contributed by atoms with Crippen LogP contribution in [0.3, 0.4) is 0 Å². The van der Waals surface area contributed by atoms with Gasteiger partial charge in [0.2, 0.25) is 0 Å². The lowest BCUT2D eigenvalue weighted by Crippen LogP contribution is -1.98. The summed E-state index contributed by atoms with van der Waals surface area (Å²) in [7, 11) is 0. The number of anilines is 1. The molecule has 0 fully saturated rings. The Morgan fingerprint density at radius 1 is 1.62 bits per heavy atom. The molecule has 0 saturated carbocycles. The van der Waals surface area contributed by atoms with Gasteiger partial charge in [-0.15, -0.1) is 6.42 Å². The molecule has 68 valence electrons. The summed E-state index contributed by atoms with van der Waals surface area (Å²) < 4.78 is 18.3. The molecule has 0 aliphatic rings. The molecule has 2 N–H and O–H groups in total. The Balaban J connectivity index is 2.96. The first-order valence-electron chi connectivity index (χ1n) is 3.46. The molecule has 0 aliphatic carbocycles. The van der Waals surface area contributed by atoms with Crippen LogP contribution in [0.1, 0.15) is 0 Å². The first kappa shape index (κ1) is 9.87. The lowest BCUT2D eigenvalue weighted by Gasteiger charge is -2.06. The van der Waals surface area contributed by atoms with Gasteiger partial charge in [0, 0.05) is 6.07 Å². The van der Waals surface area contributed by atoms with E-state index in [1.54, 1.807) is 0 Å². The molecule has 0 aliphatic heterocycles. The van der Waals surface area contributed by atoms with Gasteiger partial charge in [-0.1, -0.05) is 5.92 Å². The first-order valence-corrected chi connectivity index (χ1v) is 4.25. The quantitative estimate of drug-likeness (QED) is 0.639. The molecular weight excluding hydrogens is 237 g/mol. The molecule has 0 amide bonds. The minimum Gasteiger partial charge on any atom is -0.479 e. The fraction of sp³-hybridized carbons (Fsp3) is 0.111. The highest BCUT2D eigenvalue weighted by atomic mass is 79.9. The van der Waals surface area contributed by atoms with Crippen LogP contribution in [0.4, 0.5) is 10.1 Å². The summed E-state index contributed by atoms with van der Waals surface area (Å²) in [4.78, 5) is 0. The maximum Gasteiger partial charge on any atom is 0.148 e. The number of rotatable bonds is 2. The lowest BCUT2D eigenvalue weighted by atomic mass is 10.3. The molecule has 0 atom stereocenters. The van der Waals surface area contributed by atoms with E-state index in [1.807, 2.05) is 0 Å². The van der Waals surface area contributed by atoms with Crippen molar-refractivity contribution in [3.05, 3.63) is 22.4 Å². The number of nitrogen functional groups attached to an aromatic ring is 1. The van der Waals surface area contributed by atoms with Crippen molar-refractivity contribution < 1.29 is 9.13 Å². The van der Waals surface area contributed by atoms with Gasteiger partial charge in [-0.25, -0.2) is 4.39 Å². The zero-order valence-electron chi connectivity index (χ0n) is 6.68. The molecule has 1 aromatic carbocycles. The smallest absolute Gasteiger partial charge is 0.148 e. The average Bonchev–Trinajstić information content (AvgIpc) is 2.09. The van der Waals surface area contributed by atoms with Gasteiger partial charge in [-0.2, -0.15) is 0 Å². The van der Waals surface area contributed by atoms with Gasteiger partial charge < -0.3 is 10.5 Å². The molecule has 1 rings (SSSR count). The molecule has 0 aromatic heterocycles. The number of hydrogen-bond donors (Lipinski definition) is 1. The zero-order chi connectivity index (χ0) is 9.84. The number of terminal acetylenes is 1. The third kappa shape index (κ3) is 2.36. The molecule has 0 spiro atoms. The monoisotopic (exact) mass is 243 g/mol. The van der Waals surface area contributed by atoms with E-state index >= 15 is 0 Å². The van der Waals surface area contributed by atoms with E-state index in [0.29, 0.717) is 10.2 Å². The Labute approximate surface area is 84.0 Å². The summed E-state index contributed by atoms with van der Waals surface area (Å²) in [6.45, 7) is 0.0747. The van der Waals surface area contributed by atoms with Crippen molar-refractivity contribution in [3.63, 3.8) is 0 Å². The van der Waals surface area contributed by atoms with Crippen molar-refractivity contribution in [2.75, 3.05) is 12.3 Å². The molecular formula is C9H7BrFNO. The molecule has 13 heavy (non-hydrogen) atoms. The van der Waals surface area contributed by atoms with Crippen LogP contribution in [-0.4, -0.2) is 6.61 Å². The molecule has 0 bridgehead atoms. The highest BCUT2D eigenvalue weighted by Crippen LogP contribution is 2.28. The molecule has 1 aromatic rings. The number of nitrogens with two attached hydrogens (primary N) is 1. The summed E-state index contributed by atoms with van der Waals surface area (Å²) in [6.07, 6.45) is 4.98. The normalized spacial score (nSPS) is 9.31. The molecule has 0 saturated heterocycles. The van der Waals surface area contributed by atoms with Gasteiger partial charge in [-0.3, -0.25) is 0 Å². The third-order valence-corrected chi connectivity index (χ3v) is 1.97. The van der Waals surface area contributed by atoms with Crippen molar-refractivity contribution in [1.29, 1.82) is 0 Å². The highest BCUT2D eigenvalue weighted by molar-refractivity contribution is 9.10. The SMILES string of the molecule is C#CCOc1cc(F)c(Br)cc1N. The van der Waals surface area contributed by atoms with E-state index < -0.39 is 5.82 Å². The molecule has 0 radical (unpaired) electrons. The first-order chi connectivity index (χ1) is 6.15. The van der Waals surface area contributed by atoms with Crippen molar-refractivity contribution >= 4 is 21.6 Å². The molecule has 4 heteroatoms. The maximum absolute atomic E-state index is 13.0. The Morgan fingerprint density at radius 3 is 2.92 bits per heavy atom. The van der Waals surface area contributed by atoms with Crippen LogP contribution in [-0.2, 0) is 0 Å². The topological polar surface area (TPSA) is 35.2 Å². The molecule has 0 heterocycles. The summed E-state index contributed by atoms with van der Waals surface area (Å²) in [5, 5.41) is 0. The van der Waals surface area contributed by atoms with E-state index in [0.717, 1.165) is 0 Å². The molecule has 2 nitrogen and oxygen atoms in total. The van der Waals surface area contributed by atoms with E-state index in [1.165, 1.54) is 12.1 Å². The van der Waals surface area contributed by atoms with E-state index in [2.05, 4.69) is 21.9 Å². The number of halogens is 2. The second-order valence-electron chi connectivity index (χ2n) is 2.30. The van der Waals surface area contributed by atoms with E-state index in [-0.39, 0.29) is 12.4 Å². The Morgan fingerprint density at radius 2 is 2.31 bits per heavy atom. The number of benzene rings is 1. The van der Waals surface area contributed by atoms with Crippen LogP contribution in [0.25, 0.3) is 0 Å². The summed E-state index contributed by atoms with van der Waals surface area (Å²) in [5.41, 5.74) is 5.89. The number of ether oxygens (including phenoxy) is 1. The summed E-state index contributed by atoms with van der Waals surface area (Å²) >= 11 is 3.00. The second kappa shape index (κ2) is 4.15. The van der Waals surface area contributed by atoms with Gasteiger partial charge in [0.1, 0.15) is 18.2 Å². The maximum atomic E-state index is 13.0. The van der Waals surface area contributed by atoms with Crippen molar-refractivity contribution in [2.45, 2.75) is 0 Å². The standard InChI is InChI=1S/C9H7BrFNO/c1-2-3-13-9-5-7(11)6(10)4-8(9)12/h1,4-5H,3,12H2. The van der Waals surface area contributed by atoms with Crippen LogP contribution >= 0.6 is 15.9 Å². The minimum atomic E-state index is -0.429.